The van der Waals surface area contributed by atoms with E-state index in [0.29, 0.717) is 12.2 Å². The number of carbonyl (C=O) groups excluding carboxylic acids is 1. The highest BCUT2D eigenvalue weighted by molar-refractivity contribution is 5.93. The molecule has 0 fully saturated rings. The number of para-hydroxylation sites is 2. The smallest absolute Gasteiger partial charge is 0.270 e. The normalized spacial score (nSPS) is 13.0. The lowest BCUT2D eigenvalue weighted by atomic mass is 10.0. The van der Waals surface area contributed by atoms with Gasteiger partial charge in [-0.3, -0.25) is 4.79 Å². The summed E-state index contributed by atoms with van der Waals surface area (Å²) >= 11 is 0. The standard InChI is InChI=1S/C22H22N4O2/c1-28-20-11-5-3-8-17(20)14-23-22(27)18-13-21(25-15-24-18)26-12-6-9-16-7-2-4-10-19(16)26/h2-5,7-8,10-11,13,15H,6,9,12,14H2,1H3,(H,23,27). The van der Waals surface area contributed by atoms with Gasteiger partial charge in [-0.1, -0.05) is 36.4 Å². The first kappa shape index (κ1) is 18.0. The molecule has 3 aromatic rings. The molecule has 0 aliphatic carbocycles. The molecule has 6 heteroatoms. The zero-order valence-electron chi connectivity index (χ0n) is 15.8. The molecule has 0 saturated carbocycles. The summed E-state index contributed by atoms with van der Waals surface area (Å²) in [4.78, 5) is 23.4. The van der Waals surface area contributed by atoms with Gasteiger partial charge in [-0.05, 0) is 30.5 Å². The third-order valence-electron chi connectivity index (χ3n) is 4.90. The van der Waals surface area contributed by atoms with Crippen molar-refractivity contribution < 1.29 is 9.53 Å². The van der Waals surface area contributed by atoms with Crippen LogP contribution in [0.15, 0.2) is 60.9 Å². The van der Waals surface area contributed by atoms with Crippen molar-refractivity contribution in [2.45, 2.75) is 19.4 Å². The van der Waals surface area contributed by atoms with Gasteiger partial charge in [-0.2, -0.15) is 0 Å². The number of anilines is 2. The van der Waals surface area contributed by atoms with Gasteiger partial charge in [-0.25, -0.2) is 9.97 Å². The van der Waals surface area contributed by atoms with E-state index >= 15 is 0 Å². The van der Waals surface area contributed by atoms with E-state index in [1.807, 2.05) is 30.3 Å². The molecule has 1 aliphatic heterocycles. The third kappa shape index (κ3) is 3.67. The number of nitrogens with zero attached hydrogens (tertiary/aromatic N) is 3. The van der Waals surface area contributed by atoms with E-state index in [2.05, 4.69) is 38.4 Å². The van der Waals surface area contributed by atoms with Crippen molar-refractivity contribution in [1.82, 2.24) is 15.3 Å². The second kappa shape index (κ2) is 8.08. The topological polar surface area (TPSA) is 67.3 Å². The van der Waals surface area contributed by atoms with Crippen LogP contribution < -0.4 is 15.0 Å². The molecular formula is C22H22N4O2. The van der Waals surface area contributed by atoms with Crippen molar-refractivity contribution in [2.24, 2.45) is 0 Å². The van der Waals surface area contributed by atoms with Gasteiger partial charge >= 0.3 is 0 Å². The van der Waals surface area contributed by atoms with Gasteiger partial charge in [0.15, 0.2) is 0 Å². The zero-order chi connectivity index (χ0) is 19.3. The van der Waals surface area contributed by atoms with Gasteiger partial charge in [0.2, 0.25) is 0 Å². The molecule has 1 N–H and O–H groups in total. The van der Waals surface area contributed by atoms with E-state index in [4.69, 9.17) is 4.74 Å². The number of rotatable bonds is 5. The highest BCUT2D eigenvalue weighted by atomic mass is 16.5. The van der Waals surface area contributed by atoms with Crippen molar-refractivity contribution in [3.05, 3.63) is 77.7 Å². The van der Waals surface area contributed by atoms with Crippen LogP contribution in [0.2, 0.25) is 0 Å². The minimum atomic E-state index is -0.236. The molecule has 1 aromatic heterocycles. The molecule has 4 rings (SSSR count). The Morgan fingerprint density at radius 2 is 1.96 bits per heavy atom. The van der Waals surface area contributed by atoms with Gasteiger partial charge in [0.05, 0.1) is 7.11 Å². The quantitative estimate of drug-likeness (QED) is 0.740. The molecule has 0 radical (unpaired) electrons. The number of aryl methyl sites for hydroxylation is 1. The fourth-order valence-corrected chi connectivity index (χ4v) is 3.51. The number of amides is 1. The molecule has 6 nitrogen and oxygen atoms in total. The fourth-order valence-electron chi connectivity index (χ4n) is 3.51. The Morgan fingerprint density at radius 3 is 2.86 bits per heavy atom. The number of hydrogen-bond acceptors (Lipinski definition) is 5. The van der Waals surface area contributed by atoms with Crippen molar-refractivity contribution in [3.8, 4) is 5.75 Å². The maximum atomic E-state index is 12.6. The van der Waals surface area contributed by atoms with E-state index in [1.54, 1.807) is 13.2 Å². The van der Waals surface area contributed by atoms with Crippen LogP contribution >= 0.6 is 0 Å². The van der Waals surface area contributed by atoms with Crippen LogP contribution in [0.1, 0.15) is 28.0 Å². The summed E-state index contributed by atoms with van der Waals surface area (Å²) in [5, 5.41) is 2.91. The Hall–Kier alpha value is -3.41. The molecule has 1 aliphatic rings. The van der Waals surface area contributed by atoms with Crippen LogP contribution in [0.25, 0.3) is 0 Å². The lowest BCUT2D eigenvalue weighted by molar-refractivity contribution is 0.0945. The van der Waals surface area contributed by atoms with Crippen LogP contribution in [0.4, 0.5) is 11.5 Å². The van der Waals surface area contributed by atoms with Crippen molar-refractivity contribution >= 4 is 17.4 Å². The number of methoxy groups -OCH3 is 1. The van der Waals surface area contributed by atoms with Gasteiger partial charge in [0, 0.05) is 30.4 Å². The molecule has 1 amide bonds. The number of ether oxygens (including phenoxy) is 1. The lowest BCUT2D eigenvalue weighted by Gasteiger charge is -2.30. The van der Waals surface area contributed by atoms with E-state index in [1.165, 1.54) is 11.9 Å². The Morgan fingerprint density at radius 1 is 1.14 bits per heavy atom. The Balaban J connectivity index is 1.52. The second-order valence-corrected chi connectivity index (χ2v) is 6.64. The van der Waals surface area contributed by atoms with Gasteiger partial charge < -0.3 is 15.0 Å². The molecule has 28 heavy (non-hydrogen) atoms. The van der Waals surface area contributed by atoms with E-state index in [0.717, 1.165) is 42.2 Å². The summed E-state index contributed by atoms with van der Waals surface area (Å²) in [5.74, 6) is 1.25. The maximum Gasteiger partial charge on any atom is 0.270 e. The lowest BCUT2D eigenvalue weighted by Crippen LogP contribution is -2.27. The molecule has 0 atom stereocenters. The molecule has 0 saturated heterocycles. The number of fused-ring (bicyclic) bond motifs is 1. The summed E-state index contributed by atoms with van der Waals surface area (Å²) < 4.78 is 5.33. The predicted molar refractivity (Wildman–Crippen MR) is 108 cm³/mol. The van der Waals surface area contributed by atoms with Crippen molar-refractivity contribution in [1.29, 1.82) is 0 Å². The van der Waals surface area contributed by atoms with E-state index in [-0.39, 0.29) is 5.91 Å². The number of hydrogen-bond donors (Lipinski definition) is 1. The number of nitrogens with one attached hydrogen (secondary N) is 1. The number of carbonyl (C=O) groups is 1. The van der Waals surface area contributed by atoms with Gasteiger partial charge in [-0.15, -0.1) is 0 Å². The Kier molecular flexibility index (Phi) is 5.19. The zero-order valence-corrected chi connectivity index (χ0v) is 15.8. The SMILES string of the molecule is COc1ccccc1CNC(=O)c1cc(N2CCCc3ccccc32)ncn1. The number of aromatic nitrogens is 2. The first-order valence-electron chi connectivity index (χ1n) is 9.34. The minimum Gasteiger partial charge on any atom is -0.496 e. The molecule has 0 unspecified atom stereocenters. The largest absolute Gasteiger partial charge is 0.496 e. The van der Waals surface area contributed by atoms with Crippen LogP contribution in [0.5, 0.6) is 5.75 Å². The second-order valence-electron chi connectivity index (χ2n) is 6.64. The van der Waals surface area contributed by atoms with Gasteiger partial charge in [0.25, 0.3) is 5.91 Å². The highest BCUT2D eigenvalue weighted by Gasteiger charge is 2.20. The summed E-state index contributed by atoms with van der Waals surface area (Å²) in [5.41, 5.74) is 3.71. The molecule has 2 heterocycles. The molecule has 2 aromatic carbocycles. The molecular weight excluding hydrogens is 352 g/mol. The minimum absolute atomic E-state index is 0.236. The molecule has 0 bridgehead atoms. The molecule has 142 valence electrons. The summed E-state index contributed by atoms with van der Waals surface area (Å²) in [7, 11) is 1.62. The van der Waals surface area contributed by atoms with Crippen LogP contribution in [-0.4, -0.2) is 29.5 Å². The summed E-state index contributed by atoms with van der Waals surface area (Å²) in [6.07, 6.45) is 3.56. The first-order chi connectivity index (χ1) is 13.8. The summed E-state index contributed by atoms with van der Waals surface area (Å²) in [6, 6.07) is 17.7. The Bertz CT molecular complexity index is 990. The van der Waals surface area contributed by atoms with Gasteiger partial charge in [0.1, 0.15) is 23.6 Å². The van der Waals surface area contributed by atoms with Crippen molar-refractivity contribution in [3.63, 3.8) is 0 Å². The summed E-state index contributed by atoms with van der Waals surface area (Å²) in [6.45, 7) is 1.24. The maximum absolute atomic E-state index is 12.6. The van der Waals surface area contributed by atoms with Crippen LogP contribution in [0, 0.1) is 0 Å². The monoisotopic (exact) mass is 374 g/mol. The average Bonchev–Trinajstić information content (AvgIpc) is 2.77. The first-order valence-corrected chi connectivity index (χ1v) is 9.34. The van der Waals surface area contributed by atoms with E-state index < -0.39 is 0 Å². The fraction of sp³-hybridized carbons (Fsp3) is 0.227. The Labute approximate surface area is 164 Å². The van der Waals surface area contributed by atoms with Crippen LogP contribution in [-0.2, 0) is 13.0 Å². The molecule has 0 spiro atoms. The highest BCUT2D eigenvalue weighted by Crippen LogP contribution is 2.32. The predicted octanol–water partition coefficient (Wildman–Crippen LogP) is 3.50. The van der Waals surface area contributed by atoms with Crippen molar-refractivity contribution in [2.75, 3.05) is 18.6 Å². The number of benzene rings is 2. The van der Waals surface area contributed by atoms with Crippen LogP contribution in [0.3, 0.4) is 0 Å². The third-order valence-corrected chi connectivity index (χ3v) is 4.90. The van der Waals surface area contributed by atoms with E-state index in [9.17, 15) is 4.79 Å². The average molecular weight is 374 g/mol.